The molecule has 12 N–H and O–H groups in total. The Morgan fingerprint density at radius 2 is 0.540 bits per heavy atom. The average Bonchev–Trinajstić information content (AvgIpc) is 1.66. The molecule has 0 aliphatic rings. The molecule has 6 amide bonds. The molecule has 0 fully saturated rings. The van der Waals surface area contributed by atoms with Gasteiger partial charge in [0, 0.05) is 58.6 Å². The monoisotopic (exact) mass is 1680 g/mol. The Hall–Kier alpha value is -16.0. The summed E-state index contributed by atoms with van der Waals surface area (Å²) in [7, 11) is 0. The molecule has 0 spiro atoms. The second-order valence-corrected chi connectivity index (χ2v) is 30.9. The van der Waals surface area contributed by atoms with Gasteiger partial charge in [-0.25, -0.2) is 9.59 Å². The number of nitrogens with one attached hydrogen (secondary N) is 6. The van der Waals surface area contributed by atoms with Gasteiger partial charge in [-0.2, -0.15) is 4.99 Å². The topological polar surface area (TPSA) is 340 Å². The Morgan fingerprint density at radius 1 is 0.302 bits per heavy atom. The quantitative estimate of drug-likeness (QED) is 0.0227. The third-order valence-electron chi connectivity index (χ3n) is 19.0. The molecule has 0 saturated carbocycles. The van der Waals surface area contributed by atoms with E-state index in [4.69, 9.17) is 32.1 Å². The lowest BCUT2D eigenvalue weighted by Crippen LogP contribution is -2.46. The van der Waals surface area contributed by atoms with Crippen LogP contribution in [0.1, 0.15) is 52.7 Å². The lowest BCUT2D eigenvalue weighted by molar-refractivity contribution is -0.121. The van der Waals surface area contributed by atoms with E-state index >= 15 is 0 Å². The Balaban J connectivity index is 0.000000165. The number of nitrogens with two attached hydrogens (primary N) is 3. The Bertz CT molecular complexity index is 5760. The fourth-order valence-corrected chi connectivity index (χ4v) is 13.6. The summed E-state index contributed by atoms with van der Waals surface area (Å²) < 4.78 is 18.3. The number of hydrogen-bond acceptors (Lipinski definition) is 11. The van der Waals surface area contributed by atoms with Gasteiger partial charge in [-0.15, -0.1) is 0 Å². The molecule has 24 nitrogen and oxygen atoms in total. The number of aromatic nitrogens is 4. The van der Waals surface area contributed by atoms with Crippen LogP contribution >= 0.6 is 0 Å². The number of carbonyl (C=O) groups excluding carboxylic acids is 6. The lowest BCUT2D eigenvalue weighted by atomic mass is 10.1. The normalized spacial score (nSPS) is 11.1. The van der Waals surface area contributed by atoms with Crippen molar-refractivity contribution in [1.29, 1.82) is 5.41 Å². The van der Waals surface area contributed by atoms with Crippen LogP contribution in [-0.4, -0.2) is 102 Å². The minimum absolute atomic E-state index is 0.0230. The van der Waals surface area contributed by atoms with Gasteiger partial charge in [-0.05, 0) is 159 Å². The standard InChI is InChI=1S/C32H34N4O3.C27H26N4O.C24H26N4O3.C19H18N4O/c1-32(2,3)39-31(38)35-30(33-22-21-24-13-7-4-8-14-24)34-29(37)23-36-27(25-15-9-5-10-16-25)19-20-28(36)26-17-11-6-12-18-26;28-27(29-19-18-21-10-4-1-5-11-21)30-26(32)20-31-24(22-12-6-2-7-13-22)16-17-25(31)23-14-8-3-9-15-23;1-24(2,3)31-23(30)27-22(25)26-21(29)16-28-19(17-10-6-4-7-11-17)14-15-20(28)18-12-8-5-9-13-18;20-19(21)22-18(24)13-23-16(14-7-3-1-4-8-14)11-12-17(23)15-9-5-2-6-10-15/h4-20H,21-23H2,1-3H3,(H2,33,34,35,37,38);1-17H,18-20H2,(H3,28,29,30,32);4-15H,16H2,1-3H3,(H3,25,26,27,29,30);1-12H,13H2,(H4,20,21,22,24). The smallest absolute Gasteiger partial charge is 0.414 e. The second kappa shape index (κ2) is 45.1. The maximum atomic E-state index is 13.4. The molecular weight excluding hydrogens is 1580 g/mol. The number of alkyl carbamates (subject to hydrolysis) is 2. The molecule has 0 aliphatic heterocycles. The highest BCUT2D eigenvalue weighted by Gasteiger charge is 2.24. The van der Waals surface area contributed by atoms with Gasteiger partial charge in [0.25, 0.3) is 5.91 Å². The van der Waals surface area contributed by atoms with Gasteiger partial charge in [-0.3, -0.25) is 61.2 Å². The van der Waals surface area contributed by atoms with Gasteiger partial charge in [0.15, 0.2) is 11.9 Å². The summed E-state index contributed by atoms with van der Waals surface area (Å²) in [5, 5.41) is 20.6. The van der Waals surface area contributed by atoms with E-state index < -0.39 is 35.3 Å². The molecule has 4 heterocycles. The summed E-state index contributed by atoms with van der Waals surface area (Å²) in [6.07, 6.45) is -0.0546. The molecule has 10 aromatic carbocycles. The summed E-state index contributed by atoms with van der Waals surface area (Å²) in [5.74, 6) is -1.83. The Kier molecular flexibility index (Phi) is 32.5. The number of benzene rings is 10. The predicted molar refractivity (Wildman–Crippen MR) is 502 cm³/mol. The van der Waals surface area contributed by atoms with Crippen LogP contribution in [0.3, 0.4) is 0 Å². The zero-order valence-electron chi connectivity index (χ0n) is 71.3. The van der Waals surface area contributed by atoms with Crippen molar-refractivity contribution in [1.82, 2.24) is 44.9 Å². The van der Waals surface area contributed by atoms with E-state index in [-0.39, 0.29) is 61.8 Å². The second-order valence-electron chi connectivity index (χ2n) is 30.9. The maximum Gasteiger partial charge on any atom is 0.414 e. The van der Waals surface area contributed by atoms with Crippen LogP contribution in [-0.2, 0) is 67.7 Å². The number of carbonyl (C=O) groups is 6. The van der Waals surface area contributed by atoms with Crippen LogP contribution in [0, 0.1) is 5.41 Å². The van der Waals surface area contributed by atoms with Crippen molar-refractivity contribution in [3.05, 3.63) is 363 Å². The first-order valence-electron chi connectivity index (χ1n) is 41.1. The van der Waals surface area contributed by atoms with Crippen LogP contribution in [0.4, 0.5) is 9.59 Å². The SMILES string of the molecule is CC(C)(C)OC(=O)NC(=N)NC(=O)Cn1c(-c2ccccc2)ccc1-c1ccccc1.CC(C)(C)OC(=O)NC(=NCCc1ccccc1)NC(=O)Cn1c(-c2ccccc2)ccc1-c1ccccc1.NC(=NCCc1ccccc1)NC(=O)Cn1c(-c2ccccc2)ccc1-c1ccccc1.NC(N)=NC(=O)Cn1c(-c2ccccc2)ccc1-c1ccccc1. The highest BCUT2D eigenvalue weighted by Crippen LogP contribution is 2.34. The van der Waals surface area contributed by atoms with Crippen molar-refractivity contribution in [3.8, 4) is 90.1 Å². The summed E-state index contributed by atoms with van der Waals surface area (Å²) in [4.78, 5) is 87.8. The molecule has 0 saturated heterocycles. The van der Waals surface area contributed by atoms with Crippen molar-refractivity contribution in [3.63, 3.8) is 0 Å². The summed E-state index contributed by atoms with van der Waals surface area (Å²) in [6, 6.07) is 115. The van der Waals surface area contributed by atoms with E-state index in [9.17, 15) is 28.8 Å². The third-order valence-corrected chi connectivity index (χ3v) is 19.0. The van der Waals surface area contributed by atoms with Gasteiger partial charge in [0.2, 0.25) is 29.6 Å². The van der Waals surface area contributed by atoms with Crippen molar-refractivity contribution in [2.75, 3.05) is 13.1 Å². The largest absolute Gasteiger partial charge is 0.444 e. The zero-order chi connectivity index (χ0) is 89.2. The molecule has 0 radical (unpaired) electrons. The van der Waals surface area contributed by atoms with Crippen molar-refractivity contribution in [2.24, 2.45) is 32.2 Å². The maximum absolute atomic E-state index is 13.4. The van der Waals surface area contributed by atoms with E-state index in [0.29, 0.717) is 19.5 Å². The molecular formula is C102H104N16O8. The highest BCUT2D eigenvalue weighted by molar-refractivity contribution is 6.04. The van der Waals surface area contributed by atoms with E-state index in [1.54, 1.807) is 41.5 Å². The number of aliphatic imine (C=N–C) groups is 3. The fraction of sp³-hybridized carbons (Fsp3) is 0.157. The molecule has 640 valence electrons. The lowest BCUT2D eigenvalue weighted by Gasteiger charge is -2.20. The number of nitrogens with zero attached hydrogens (tertiary/aromatic N) is 7. The van der Waals surface area contributed by atoms with Crippen molar-refractivity contribution >= 4 is 59.7 Å². The van der Waals surface area contributed by atoms with Crippen LogP contribution < -0.4 is 43.8 Å². The number of amides is 6. The van der Waals surface area contributed by atoms with Crippen molar-refractivity contribution < 1.29 is 38.2 Å². The Morgan fingerprint density at radius 3 is 0.810 bits per heavy atom. The van der Waals surface area contributed by atoms with Gasteiger partial charge in [-0.1, -0.05) is 303 Å². The molecule has 24 heteroatoms. The molecule has 0 atom stereocenters. The zero-order valence-corrected chi connectivity index (χ0v) is 71.3. The fourth-order valence-electron chi connectivity index (χ4n) is 13.6. The minimum atomic E-state index is -0.797. The average molecular weight is 1680 g/mol. The predicted octanol–water partition coefficient (Wildman–Crippen LogP) is 17.6. The minimum Gasteiger partial charge on any atom is -0.444 e. The van der Waals surface area contributed by atoms with Gasteiger partial charge < -0.3 is 44.9 Å². The van der Waals surface area contributed by atoms with E-state index in [0.717, 1.165) is 102 Å². The third kappa shape index (κ3) is 28.0. The number of rotatable bonds is 22. The van der Waals surface area contributed by atoms with Crippen LogP contribution in [0.25, 0.3) is 90.1 Å². The first kappa shape index (κ1) is 90.8. The molecule has 14 aromatic rings. The van der Waals surface area contributed by atoms with E-state index in [2.05, 4.69) is 41.6 Å². The van der Waals surface area contributed by atoms with Crippen molar-refractivity contribution in [2.45, 2.75) is 91.8 Å². The number of hydrogen-bond donors (Lipinski definition) is 9. The summed E-state index contributed by atoms with van der Waals surface area (Å²) in [6.45, 7) is 11.6. The molecule has 0 unspecified atom stereocenters. The molecule has 126 heavy (non-hydrogen) atoms. The molecule has 4 aromatic heterocycles. The molecule has 0 bridgehead atoms. The Labute approximate surface area is 734 Å². The molecule has 14 rings (SSSR count). The number of ether oxygens (including phenoxy) is 2. The van der Waals surface area contributed by atoms with Crippen LogP contribution in [0.2, 0.25) is 0 Å². The first-order chi connectivity index (χ1) is 60.9. The van der Waals surface area contributed by atoms with Gasteiger partial charge in [0.1, 0.15) is 37.4 Å². The number of guanidine groups is 4. The summed E-state index contributed by atoms with van der Waals surface area (Å²) >= 11 is 0. The van der Waals surface area contributed by atoms with Crippen LogP contribution in [0.15, 0.2) is 367 Å². The van der Waals surface area contributed by atoms with E-state index in [1.807, 2.05) is 370 Å². The van der Waals surface area contributed by atoms with Gasteiger partial charge in [0.05, 0.1) is 0 Å². The van der Waals surface area contributed by atoms with Gasteiger partial charge >= 0.3 is 12.2 Å². The first-order valence-corrected chi connectivity index (χ1v) is 41.1. The molecule has 0 aliphatic carbocycles. The van der Waals surface area contributed by atoms with E-state index in [1.165, 1.54) is 5.56 Å². The summed E-state index contributed by atoms with van der Waals surface area (Å²) in [5.41, 5.74) is 33.0. The highest BCUT2D eigenvalue weighted by atomic mass is 16.6. The van der Waals surface area contributed by atoms with Crippen LogP contribution in [0.5, 0.6) is 0 Å².